The number of likely N-dealkylation sites (tertiary alicyclic amines) is 2. The van der Waals surface area contributed by atoms with Crippen molar-refractivity contribution in [2.24, 2.45) is 5.73 Å². The molecular weight excluding hydrogens is 240 g/mol. The van der Waals surface area contributed by atoms with Gasteiger partial charge in [0, 0.05) is 19.1 Å². The zero-order valence-electron chi connectivity index (χ0n) is 12.3. The van der Waals surface area contributed by atoms with Crippen LogP contribution in [-0.2, 0) is 4.79 Å². The van der Waals surface area contributed by atoms with Gasteiger partial charge in [-0.1, -0.05) is 6.42 Å². The maximum absolute atomic E-state index is 11.5. The smallest absolute Gasteiger partial charge is 0.238 e. The predicted molar refractivity (Wildman–Crippen MR) is 76.9 cm³/mol. The molecule has 5 nitrogen and oxygen atoms in total. The van der Waals surface area contributed by atoms with Gasteiger partial charge in [0.15, 0.2) is 0 Å². The normalized spacial score (nSPS) is 29.3. The summed E-state index contributed by atoms with van der Waals surface area (Å²) in [6, 6.07) is 0.675. The first-order valence-electron chi connectivity index (χ1n) is 7.50. The van der Waals surface area contributed by atoms with Gasteiger partial charge in [0.05, 0.1) is 0 Å². The van der Waals surface area contributed by atoms with E-state index in [-0.39, 0.29) is 5.91 Å². The Bertz CT molecular complexity index is 317. The summed E-state index contributed by atoms with van der Waals surface area (Å²) in [5.74, 6) is -0.267. The molecule has 2 rings (SSSR count). The minimum atomic E-state index is -0.614. The van der Waals surface area contributed by atoms with Crippen LogP contribution in [0.3, 0.4) is 0 Å². The van der Waals surface area contributed by atoms with Gasteiger partial charge >= 0.3 is 0 Å². The maximum atomic E-state index is 11.5. The van der Waals surface area contributed by atoms with Gasteiger partial charge in [-0.15, -0.1) is 0 Å². The monoisotopic (exact) mass is 268 g/mol. The van der Waals surface area contributed by atoms with E-state index in [0.29, 0.717) is 12.6 Å². The zero-order chi connectivity index (χ0) is 13.9. The summed E-state index contributed by atoms with van der Waals surface area (Å²) in [6.07, 6.45) is 5.28. The molecule has 0 radical (unpaired) electrons. The molecule has 0 spiro atoms. The molecule has 0 aromatic heterocycles. The van der Waals surface area contributed by atoms with Crippen LogP contribution in [0.1, 0.15) is 32.6 Å². The van der Waals surface area contributed by atoms with E-state index < -0.39 is 5.54 Å². The van der Waals surface area contributed by atoms with Crippen molar-refractivity contribution in [2.75, 3.05) is 39.8 Å². The highest BCUT2D eigenvalue weighted by Crippen LogP contribution is 2.21. The van der Waals surface area contributed by atoms with Crippen LogP contribution in [0.25, 0.3) is 0 Å². The molecule has 0 aromatic rings. The van der Waals surface area contributed by atoms with E-state index in [2.05, 4.69) is 15.1 Å². The second kappa shape index (κ2) is 6.20. The molecule has 0 aromatic carbocycles. The highest BCUT2D eigenvalue weighted by molar-refractivity contribution is 5.84. The van der Waals surface area contributed by atoms with Gasteiger partial charge in [0.2, 0.25) is 5.91 Å². The SMILES string of the molecule is CNC(C)(CN1CCC(N2CCCCC2)C1)C(N)=O. The Labute approximate surface area is 116 Å². The van der Waals surface area contributed by atoms with Crippen LogP contribution in [0, 0.1) is 0 Å². The Kier molecular flexibility index (Phi) is 4.81. The van der Waals surface area contributed by atoms with Crippen LogP contribution < -0.4 is 11.1 Å². The Morgan fingerprint density at radius 3 is 2.58 bits per heavy atom. The molecular formula is C14H28N4O. The molecule has 2 aliphatic heterocycles. The fourth-order valence-corrected chi connectivity index (χ4v) is 3.26. The fraction of sp³-hybridized carbons (Fsp3) is 0.929. The third-order valence-electron chi connectivity index (χ3n) is 4.79. The van der Waals surface area contributed by atoms with E-state index in [0.717, 1.165) is 13.1 Å². The van der Waals surface area contributed by atoms with Crippen molar-refractivity contribution in [3.05, 3.63) is 0 Å². The van der Waals surface area contributed by atoms with E-state index in [9.17, 15) is 4.79 Å². The molecule has 0 aliphatic carbocycles. The molecule has 2 saturated heterocycles. The first-order chi connectivity index (χ1) is 9.05. The van der Waals surface area contributed by atoms with Gasteiger partial charge in [-0.3, -0.25) is 14.6 Å². The van der Waals surface area contributed by atoms with Gasteiger partial charge in [-0.2, -0.15) is 0 Å². The lowest BCUT2D eigenvalue weighted by molar-refractivity contribution is -0.124. The summed E-state index contributed by atoms with van der Waals surface area (Å²) in [5, 5.41) is 3.07. The van der Waals surface area contributed by atoms with Crippen LogP contribution in [0.4, 0.5) is 0 Å². The lowest BCUT2D eigenvalue weighted by Crippen LogP contribution is -2.58. The fourth-order valence-electron chi connectivity index (χ4n) is 3.26. The quantitative estimate of drug-likeness (QED) is 0.737. The Balaban J connectivity index is 1.86. The summed E-state index contributed by atoms with van der Waals surface area (Å²) in [4.78, 5) is 16.6. The van der Waals surface area contributed by atoms with Crippen molar-refractivity contribution in [2.45, 2.75) is 44.2 Å². The summed E-state index contributed by atoms with van der Waals surface area (Å²) in [7, 11) is 1.81. The maximum Gasteiger partial charge on any atom is 0.238 e. The number of hydrogen-bond donors (Lipinski definition) is 2. The number of rotatable bonds is 5. The molecule has 5 heteroatoms. The number of hydrogen-bond acceptors (Lipinski definition) is 4. The zero-order valence-corrected chi connectivity index (χ0v) is 12.3. The average molecular weight is 268 g/mol. The standard InChI is InChI=1S/C14H28N4O/c1-14(16-2,13(15)19)11-17-9-6-12(10-17)18-7-4-3-5-8-18/h12,16H,3-11H2,1-2H3,(H2,15,19). The molecule has 2 atom stereocenters. The third-order valence-corrected chi connectivity index (χ3v) is 4.79. The van der Waals surface area contributed by atoms with E-state index in [1.807, 2.05) is 14.0 Å². The van der Waals surface area contributed by atoms with E-state index in [1.165, 1.54) is 38.8 Å². The molecule has 0 bridgehead atoms. The summed E-state index contributed by atoms with van der Waals surface area (Å²) in [6.45, 7) is 7.25. The number of carbonyl (C=O) groups is 1. The molecule has 110 valence electrons. The molecule has 3 N–H and O–H groups in total. The molecule has 2 unspecified atom stereocenters. The van der Waals surface area contributed by atoms with Gasteiger partial charge < -0.3 is 11.1 Å². The number of primary amides is 1. The molecule has 1 amide bonds. The van der Waals surface area contributed by atoms with E-state index in [1.54, 1.807) is 0 Å². The highest BCUT2D eigenvalue weighted by Gasteiger charge is 2.35. The molecule has 2 aliphatic rings. The lowest BCUT2D eigenvalue weighted by atomic mass is 10.0. The first-order valence-corrected chi connectivity index (χ1v) is 7.50. The predicted octanol–water partition coefficient (Wildman–Crippen LogP) is 0.0100. The minimum Gasteiger partial charge on any atom is -0.368 e. The Morgan fingerprint density at radius 1 is 1.32 bits per heavy atom. The van der Waals surface area contributed by atoms with Gasteiger partial charge in [0.25, 0.3) is 0 Å². The topological polar surface area (TPSA) is 61.6 Å². The Morgan fingerprint density at radius 2 is 2.00 bits per heavy atom. The van der Waals surface area contributed by atoms with Crippen molar-refractivity contribution >= 4 is 5.91 Å². The van der Waals surface area contributed by atoms with Crippen LogP contribution in [0.15, 0.2) is 0 Å². The molecule has 2 heterocycles. The molecule has 2 fully saturated rings. The third kappa shape index (κ3) is 3.46. The summed E-state index contributed by atoms with van der Waals surface area (Å²) >= 11 is 0. The number of carbonyl (C=O) groups excluding carboxylic acids is 1. The number of likely N-dealkylation sites (N-methyl/N-ethyl adjacent to an activating group) is 1. The number of nitrogens with two attached hydrogens (primary N) is 1. The van der Waals surface area contributed by atoms with E-state index >= 15 is 0 Å². The van der Waals surface area contributed by atoms with Crippen molar-refractivity contribution in [1.82, 2.24) is 15.1 Å². The first kappa shape index (κ1) is 14.8. The Hall–Kier alpha value is -0.650. The minimum absolute atomic E-state index is 0.267. The molecule has 0 saturated carbocycles. The number of nitrogens with one attached hydrogen (secondary N) is 1. The van der Waals surface area contributed by atoms with Crippen LogP contribution in [-0.4, -0.2) is 67.1 Å². The van der Waals surface area contributed by atoms with Crippen LogP contribution in [0.2, 0.25) is 0 Å². The number of amides is 1. The number of piperidine rings is 1. The average Bonchev–Trinajstić information content (AvgIpc) is 2.87. The van der Waals surface area contributed by atoms with Gasteiger partial charge in [-0.25, -0.2) is 0 Å². The van der Waals surface area contributed by atoms with Crippen molar-refractivity contribution in [3.8, 4) is 0 Å². The van der Waals surface area contributed by atoms with Gasteiger partial charge in [-0.05, 0) is 52.9 Å². The number of nitrogens with zero attached hydrogens (tertiary/aromatic N) is 2. The van der Waals surface area contributed by atoms with Crippen molar-refractivity contribution in [1.29, 1.82) is 0 Å². The second-order valence-electron chi connectivity index (χ2n) is 6.22. The molecule has 19 heavy (non-hydrogen) atoms. The summed E-state index contributed by atoms with van der Waals surface area (Å²) < 4.78 is 0. The van der Waals surface area contributed by atoms with Gasteiger partial charge in [0.1, 0.15) is 5.54 Å². The van der Waals surface area contributed by atoms with Crippen molar-refractivity contribution < 1.29 is 4.79 Å². The largest absolute Gasteiger partial charge is 0.368 e. The lowest BCUT2D eigenvalue weighted by Gasteiger charge is -2.34. The second-order valence-corrected chi connectivity index (χ2v) is 6.22. The van der Waals surface area contributed by atoms with E-state index in [4.69, 9.17) is 5.73 Å². The highest BCUT2D eigenvalue weighted by atomic mass is 16.1. The van der Waals surface area contributed by atoms with Crippen LogP contribution in [0.5, 0.6) is 0 Å². The van der Waals surface area contributed by atoms with Crippen LogP contribution >= 0.6 is 0 Å². The summed E-state index contributed by atoms with van der Waals surface area (Å²) in [5.41, 5.74) is 4.88. The van der Waals surface area contributed by atoms with Crippen molar-refractivity contribution in [3.63, 3.8) is 0 Å².